The van der Waals surface area contributed by atoms with E-state index in [-0.39, 0.29) is 5.82 Å². The minimum absolute atomic E-state index is 0.251. The van der Waals surface area contributed by atoms with Crippen molar-refractivity contribution in [2.75, 3.05) is 11.1 Å². The minimum atomic E-state index is -0.251. The lowest BCUT2D eigenvalue weighted by Crippen LogP contribution is -2.07. The molecule has 0 aliphatic heterocycles. The molecule has 0 saturated heterocycles. The lowest BCUT2D eigenvalue weighted by molar-refractivity contribution is 0.627. The van der Waals surface area contributed by atoms with Gasteiger partial charge in [0, 0.05) is 17.7 Å². The molecular weight excluding hydrogens is 255 g/mol. The lowest BCUT2D eigenvalue weighted by Gasteiger charge is -2.13. The number of hydrogen-bond donors (Lipinski definition) is 2. The van der Waals surface area contributed by atoms with Gasteiger partial charge >= 0.3 is 0 Å². The van der Waals surface area contributed by atoms with Crippen molar-refractivity contribution < 1.29 is 4.39 Å². The lowest BCUT2D eigenvalue weighted by atomic mass is 10.2. The third kappa shape index (κ3) is 3.04. The number of anilines is 3. The Bertz CT molecular complexity index is 626. The zero-order valence-corrected chi connectivity index (χ0v) is 12.0. The van der Waals surface area contributed by atoms with Gasteiger partial charge in [0.15, 0.2) is 0 Å². The number of aryl methyl sites for hydroxylation is 2. The van der Waals surface area contributed by atoms with Gasteiger partial charge in [-0.3, -0.25) is 0 Å². The molecule has 0 saturated carbocycles. The van der Waals surface area contributed by atoms with Gasteiger partial charge in [-0.25, -0.2) is 14.4 Å². The number of hydrogen-bond acceptors (Lipinski definition) is 4. The number of nitrogens with one attached hydrogen (secondary N) is 1. The first-order chi connectivity index (χ1) is 9.51. The molecule has 0 spiro atoms. The van der Waals surface area contributed by atoms with Crippen LogP contribution >= 0.6 is 0 Å². The number of rotatable bonds is 4. The predicted molar refractivity (Wildman–Crippen MR) is 79.6 cm³/mol. The summed E-state index contributed by atoms with van der Waals surface area (Å²) in [5, 5.41) is 3.21. The van der Waals surface area contributed by atoms with Crippen LogP contribution in [0.25, 0.3) is 0 Å². The van der Waals surface area contributed by atoms with Crippen LogP contribution in [-0.2, 0) is 6.42 Å². The minimum Gasteiger partial charge on any atom is -0.383 e. The molecule has 0 unspecified atom stereocenters. The first-order valence-electron chi connectivity index (χ1n) is 6.67. The fourth-order valence-electron chi connectivity index (χ4n) is 1.93. The largest absolute Gasteiger partial charge is 0.383 e. The second-order valence-corrected chi connectivity index (χ2v) is 4.83. The molecule has 0 radical (unpaired) electrons. The molecule has 1 heterocycles. The maximum atomic E-state index is 13.1. The summed E-state index contributed by atoms with van der Waals surface area (Å²) in [4.78, 5) is 8.75. The van der Waals surface area contributed by atoms with Crippen molar-refractivity contribution in [1.29, 1.82) is 0 Å². The van der Waals surface area contributed by atoms with E-state index in [0.717, 1.165) is 35.5 Å². The monoisotopic (exact) mass is 274 g/mol. The molecule has 0 fully saturated rings. The second-order valence-electron chi connectivity index (χ2n) is 4.83. The van der Waals surface area contributed by atoms with Crippen molar-refractivity contribution >= 4 is 17.3 Å². The van der Waals surface area contributed by atoms with Gasteiger partial charge in [0.2, 0.25) is 0 Å². The highest BCUT2D eigenvalue weighted by Crippen LogP contribution is 2.24. The highest BCUT2D eigenvalue weighted by Gasteiger charge is 2.10. The zero-order chi connectivity index (χ0) is 14.7. The Balaban J connectivity index is 2.37. The normalized spacial score (nSPS) is 10.6. The van der Waals surface area contributed by atoms with Gasteiger partial charge in [0.1, 0.15) is 23.3 Å². The second kappa shape index (κ2) is 5.86. The molecule has 20 heavy (non-hydrogen) atoms. The van der Waals surface area contributed by atoms with Crippen LogP contribution in [-0.4, -0.2) is 9.97 Å². The van der Waals surface area contributed by atoms with Gasteiger partial charge in [-0.05, 0) is 44.0 Å². The standard InChI is InChI=1S/C15H19FN4/c1-4-5-13-19-14(17)10(3)15(20-13)18-12-7-6-11(16)8-9(12)2/h6-8H,4-5H2,1-3H3,(H3,17,18,19,20). The topological polar surface area (TPSA) is 63.8 Å². The van der Waals surface area contributed by atoms with Crippen LogP contribution in [0, 0.1) is 19.7 Å². The van der Waals surface area contributed by atoms with Crippen LogP contribution in [0.1, 0.15) is 30.3 Å². The van der Waals surface area contributed by atoms with Gasteiger partial charge in [0.25, 0.3) is 0 Å². The molecule has 0 aliphatic carbocycles. The van der Waals surface area contributed by atoms with Crippen molar-refractivity contribution in [1.82, 2.24) is 9.97 Å². The maximum Gasteiger partial charge on any atom is 0.139 e. The van der Waals surface area contributed by atoms with Gasteiger partial charge in [-0.2, -0.15) is 0 Å². The van der Waals surface area contributed by atoms with E-state index in [0.29, 0.717) is 11.6 Å². The fourth-order valence-corrected chi connectivity index (χ4v) is 1.93. The first kappa shape index (κ1) is 14.2. The quantitative estimate of drug-likeness (QED) is 0.895. The summed E-state index contributed by atoms with van der Waals surface area (Å²) in [6, 6.07) is 4.60. The number of nitrogens with two attached hydrogens (primary N) is 1. The van der Waals surface area contributed by atoms with E-state index in [1.54, 1.807) is 6.07 Å². The molecule has 0 aliphatic rings. The zero-order valence-electron chi connectivity index (χ0n) is 12.0. The summed E-state index contributed by atoms with van der Waals surface area (Å²) in [5.41, 5.74) is 8.35. The van der Waals surface area contributed by atoms with E-state index in [1.165, 1.54) is 12.1 Å². The third-order valence-corrected chi connectivity index (χ3v) is 3.14. The van der Waals surface area contributed by atoms with Crippen LogP contribution in [0.3, 0.4) is 0 Å². The third-order valence-electron chi connectivity index (χ3n) is 3.14. The average Bonchev–Trinajstić information content (AvgIpc) is 2.39. The van der Waals surface area contributed by atoms with Gasteiger partial charge < -0.3 is 11.1 Å². The molecule has 0 atom stereocenters. The van der Waals surface area contributed by atoms with E-state index >= 15 is 0 Å². The smallest absolute Gasteiger partial charge is 0.139 e. The van der Waals surface area contributed by atoms with E-state index < -0.39 is 0 Å². The Kier molecular flexibility index (Phi) is 4.17. The molecule has 5 heteroatoms. The van der Waals surface area contributed by atoms with Gasteiger partial charge in [-0.1, -0.05) is 6.92 Å². The number of aromatic nitrogens is 2. The Hall–Kier alpha value is -2.17. The highest BCUT2D eigenvalue weighted by molar-refractivity contribution is 5.65. The SMILES string of the molecule is CCCc1nc(N)c(C)c(Nc2ccc(F)cc2C)n1. The molecule has 2 aromatic rings. The Morgan fingerprint density at radius 3 is 2.65 bits per heavy atom. The Labute approximate surface area is 118 Å². The maximum absolute atomic E-state index is 13.1. The molecule has 1 aromatic carbocycles. The van der Waals surface area contributed by atoms with E-state index in [2.05, 4.69) is 22.2 Å². The number of nitrogens with zero attached hydrogens (tertiary/aromatic N) is 2. The van der Waals surface area contributed by atoms with Crippen LogP contribution in [0.2, 0.25) is 0 Å². The Morgan fingerprint density at radius 1 is 1.25 bits per heavy atom. The van der Waals surface area contributed by atoms with Crippen molar-refractivity contribution in [3.8, 4) is 0 Å². The summed E-state index contributed by atoms with van der Waals surface area (Å²) < 4.78 is 13.1. The van der Waals surface area contributed by atoms with Crippen LogP contribution in [0.15, 0.2) is 18.2 Å². The summed E-state index contributed by atoms with van der Waals surface area (Å²) in [6.45, 7) is 5.78. The molecule has 0 amide bonds. The summed E-state index contributed by atoms with van der Waals surface area (Å²) in [5.74, 6) is 1.62. The molecule has 2 rings (SSSR count). The van der Waals surface area contributed by atoms with E-state index in [4.69, 9.17) is 5.73 Å². The number of halogens is 1. The molecule has 106 valence electrons. The van der Waals surface area contributed by atoms with Crippen molar-refractivity contribution in [2.45, 2.75) is 33.6 Å². The molecule has 3 N–H and O–H groups in total. The molecular formula is C15H19FN4. The van der Waals surface area contributed by atoms with Gasteiger partial charge in [-0.15, -0.1) is 0 Å². The van der Waals surface area contributed by atoms with E-state index in [9.17, 15) is 4.39 Å². The van der Waals surface area contributed by atoms with Crippen LogP contribution in [0.5, 0.6) is 0 Å². The van der Waals surface area contributed by atoms with Gasteiger partial charge in [0.05, 0.1) is 0 Å². The van der Waals surface area contributed by atoms with E-state index in [1.807, 2.05) is 13.8 Å². The fraction of sp³-hybridized carbons (Fsp3) is 0.333. The molecule has 4 nitrogen and oxygen atoms in total. The van der Waals surface area contributed by atoms with Crippen molar-refractivity contribution in [2.24, 2.45) is 0 Å². The summed E-state index contributed by atoms with van der Waals surface area (Å²) in [6.07, 6.45) is 1.74. The Morgan fingerprint density at radius 2 is 2.00 bits per heavy atom. The van der Waals surface area contributed by atoms with Crippen LogP contribution < -0.4 is 11.1 Å². The number of benzene rings is 1. The number of nitrogen functional groups attached to an aromatic ring is 1. The highest BCUT2D eigenvalue weighted by atomic mass is 19.1. The molecule has 0 bridgehead atoms. The summed E-state index contributed by atoms with van der Waals surface area (Å²) >= 11 is 0. The van der Waals surface area contributed by atoms with Crippen molar-refractivity contribution in [3.63, 3.8) is 0 Å². The first-order valence-corrected chi connectivity index (χ1v) is 6.67. The molecule has 1 aromatic heterocycles. The summed E-state index contributed by atoms with van der Waals surface area (Å²) in [7, 11) is 0. The van der Waals surface area contributed by atoms with Crippen LogP contribution in [0.4, 0.5) is 21.7 Å². The average molecular weight is 274 g/mol. The van der Waals surface area contributed by atoms with Crippen molar-refractivity contribution in [3.05, 3.63) is 41.0 Å². The predicted octanol–water partition coefficient (Wildman–Crippen LogP) is 3.51.